The number of carbonyl (C=O) groups excluding carboxylic acids is 1. The van der Waals surface area contributed by atoms with E-state index in [-0.39, 0.29) is 10.8 Å². The first-order valence-corrected chi connectivity index (χ1v) is 8.29. The minimum absolute atomic E-state index is 0.251. The molecule has 1 aliphatic rings. The van der Waals surface area contributed by atoms with Crippen molar-refractivity contribution in [1.29, 1.82) is 0 Å². The van der Waals surface area contributed by atoms with Crippen LogP contribution >= 0.6 is 15.9 Å². The highest BCUT2D eigenvalue weighted by molar-refractivity contribution is 9.09. The minimum atomic E-state index is -0.374. The van der Waals surface area contributed by atoms with Gasteiger partial charge >= 0.3 is 5.97 Å². The summed E-state index contributed by atoms with van der Waals surface area (Å²) in [5, 5.41) is 0. The van der Waals surface area contributed by atoms with Gasteiger partial charge in [0, 0.05) is 10.4 Å². The van der Waals surface area contributed by atoms with Gasteiger partial charge in [0.05, 0.1) is 12.1 Å². The van der Waals surface area contributed by atoms with Crippen LogP contribution in [0.2, 0.25) is 0 Å². The van der Waals surface area contributed by atoms with Gasteiger partial charge in [0.25, 0.3) is 0 Å². The summed E-state index contributed by atoms with van der Waals surface area (Å²) < 4.78 is 10.8. The standard InChI is InChI=1S/C18H16BrNO3/c1-12(19)13-2-4-15(5-3-13)18(21)23-16-8-6-14(7-9-16)17-20-10-11-22-17/h2-9,12H,10-11H2,1H3. The minimum Gasteiger partial charge on any atom is -0.476 e. The molecule has 0 amide bonds. The van der Waals surface area contributed by atoms with Gasteiger partial charge < -0.3 is 9.47 Å². The Bertz CT molecular complexity index is 721. The Labute approximate surface area is 143 Å². The van der Waals surface area contributed by atoms with Crippen LogP contribution in [0.25, 0.3) is 0 Å². The van der Waals surface area contributed by atoms with Crippen LogP contribution in [-0.2, 0) is 4.74 Å². The van der Waals surface area contributed by atoms with Gasteiger partial charge in [-0.25, -0.2) is 9.79 Å². The summed E-state index contributed by atoms with van der Waals surface area (Å²) in [4.78, 5) is 16.7. The van der Waals surface area contributed by atoms with Gasteiger partial charge in [-0.2, -0.15) is 0 Å². The molecule has 23 heavy (non-hydrogen) atoms. The topological polar surface area (TPSA) is 47.9 Å². The molecule has 0 bridgehead atoms. The fraction of sp³-hybridized carbons (Fsp3) is 0.222. The first-order chi connectivity index (χ1) is 11.1. The Balaban J connectivity index is 1.67. The van der Waals surface area contributed by atoms with Crippen LogP contribution in [0.15, 0.2) is 53.5 Å². The van der Waals surface area contributed by atoms with Crippen LogP contribution in [0.4, 0.5) is 0 Å². The van der Waals surface area contributed by atoms with Crippen LogP contribution in [0.5, 0.6) is 5.75 Å². The third kappa shape index (κ3) is 3.79. The summed E-state index contributed by atoms with van der Waals surface area (Å²) in [6, 6.07) is 14.5. The van der Waals surface area contributed by atoms with Crippen molar-refractivity contribution < 1.29 is 14.3 Å². The van der Waals surface area contributed by atoms with Gasteiger partial charge in [-0.05, 0) is 48.9 Å². The molecule has 5 heteroatoms. The van der Waals surface area contributed by atoms with Crippen molar-refractivity contribution in [1.82, 2.24) is 0 Å². The van der Waals surface area contributed by atoms with Crippen molar-refractivity contribution in [3.05, 3.63) is 65.2 Å². The highest BCUT2D eigenvalue weighted by atomic mass is 79.9. The van der Waals surface area contributed by atoms with E-state index in [4.69, 9.17) is 9.47 Å². The van der Waals surface area contributed by atoms with E-state index in [2.05, 4.69) is 20.9 Å². The predicted octanol–water partition coefficient (Wildman–Crippen LogP) is 4.14. The Kier molecular flexibility index (Phi) is 4.76. The third-order valence-electron chi connectivity index (χ3n) is 3.50. The van der Waals surface area contributed by atoms with Crippen LogP contribution in [0.1, 0.15) is 33.2 Å². The number of rotatable bonds is 4. The maximum atomic E-state index is 12.2. The monoisotopic (exact) mass is 373 g/mol. The van der Waals surface area contributed by atoms with Crippen molar-refractivity contribution in [3.63, 3.8) is 0 Å². The van der Waals surface area contributed by atoms with Crippen molar-refractivity contribution in [2.75, 3.05) is 13.2 Å². The molecule has 3 rings (SSSR count). The molecule has 1 unspecified atom stereocenters. The Morgan fingerprint density at radius 1 is 1.17 bits per heavy atom. The van der Waals surface area contributed by atoms with E-state index >= 15 is 0 Å². The van der Waals surface area contributed by atoms with Crippen molar-refractivity contribution in [2.45, 2.75) is 11.8 Å². The highest BCUT2D eigenvalue weighted by Gasteiger charge is 2.12. The Morgan fingerprint density at radius 2 is 1.87 bits per heavy atom. The zero-order valence-electron chi connectivity index (χ0n) is 12.7. The fourth-order valence-corrected chi connectivity index (χ4v) is 2.53. The van der Waals surface area contributed by atoms with Gasteiger partial charge in [-0.1, -0.05) is 28.1 Å². The summed E-state index contributed by atoms with van der Waals surface area (Å²) in [6.45, 7) is 3.34. The second-order valence-corrected chi connectivity index (χ2v) is 6.56. The fourth-order valence-electron chi connectivity index (χ4n) is 2.23. The lowest BCUT2D eigenvalue weighted by atomic mass is 10.1. The lowest BCUT2D eigenvalue weighted by molar-refractivity contribution is 0.0735. The number of aliphatic imine (C=N–C) groups is 1. The molecule has 1 atom stereocenters. The lowest BCUT2D eigenvalue weighted by Gasteiger charge is -2.07. The quantitative estimate of drug-likeness (QED) is 0.459. The molecule has 0 fully saturated rings. The van der Waals surface area contributed by atoms with E-state index in [1.54, 1.807) is 24.3 Å². The van der Waals surface area contributed by atoms with E-state index < -0.39 is 0 Å². The van der Waals surface area contributed by atoms with E-state index in [0.717, 1.165) is 11.1 Å². The van der Waals surface area contributed by atoms with E-state index in [1.165, 1.54) is 0 Å². The van der Waals surface area contributed by atoms with E-state index in [9.17, 15) is 4.79 Å². The summed E-state index contributed by atoms with van der Waals surface area (Å²) in [7, 11) is 0. The number of nitrogens with zero attached hydrogens (tertiary/aromatic N) is 1. The molecule has 0 N–H and O–H groups in total. The van der Waals surface area contributed by atoms with Gasteiger partial charge in [0.1, 0.15) is 12.4 Å². The summed E-state index contributed by atoms with van der Waals surface area (Å²) in [5.41, 5.74) is 2.52. The van der Waals surface area contributed by atoms with E-state index in [1.807, 2.05) is 31.2 Å². The van der Waals surface area contributed by atoms with E-state index in [0.29, 0.717) is 30.4 Å². The average molecular weight is 374 g/mol. The molecular weight excluding hydrogens is 358 g/mol. The highest BCUT2D eigenvalue weighted by Crippen LogP contribution is 2.22. The number of halogens is 1. The summed E-state index contributed by atoms with van der Waals surface area (Å²) >= 11 is 3.50. The molecule has 4 nitrogen and oxygen atoms in total. The Morgan fingerprint density at radius 3 is 2.43 bits per heavy atom. The third-order valence-corrected chi connectivity index (χ3v) is 4.03. The summed E-state index contributed by atoms with van der Waals surface area (Å²) in [6.07, 6.45) is 0. The largest absolute Gasteiger partial charge is 0.476 e. The lowest BCUT2D eigenvalue weighted by Crippen LogP contribution is -2.09. The first-order valence-electron chi connectivity index (χ1n) is 7.37. The number of esters is 1. The number of benzene rings is 2. The number of alkyl halides is 1. The molecule has 0 radical (unpaired) electrons. The number of hydrogen-bond acceptors (Lipinski definition) is 4. The number of hydrogen-bond donors (Lipinski definition) is 0. The second-order valence-electron chi connectivity index (χ2n) is 5.19. The molecule has 0 saturated heterocycles. The normalized spacial score (nSPS) is 14.8. The second kappa shape index (κ2) is 6.96. The molecule has 2 aromatic rings. The molecule has 1 heterocycles. The molecule has 2 aromatic carbocycles. The molecule has 0 aliphatic carbocycles. The van der Waals surface area contributed by atoms with Gasteiger partial charge in [-0.3, -0.25) is 0 Å². The molecule has 118 valence electrons. The van der Waals surface area contributed by atoms with Gasteiger partial charge in [-0.15, -0.1) is 0 Å². The number of ether oxygens (including phenoxy) is 2. The smallest absolute Gasteiger partial charge is 0.343 e. The van der Waals surface area contributed by atoms with Crippen molar-refractivity contribution in [2.24, 2.45) is 4.99 Å². The van der Waals surface area contributed by atoms with Crippen molar-refractivity contribution >= 4 is 27.8 Å². The van der Waals surface area contributed by atoms with Gasteiger partial charge in [0.2, 0.25) is 5.90 Å². The SMILES string of the molecule is CC(Br)c1ccc(C(=O)Oc2ccc(C3=NCCO3)cc2)cc1. The molecule has 0 aromatic heterocycles. The summed E-state index contributed by atoms with van der Waals surface area (Å²) in [5.74, 6) is 0.763. The first kappa shape index (κ1) is 15.7. The zero-order valence-corrected chi connectivity index (χ0v) is 14.2. The molecule has 1 aliphatic heterocycles. The predicted molar refractivity (Wildman–Crippen MR) is 92.5 cm³/mol. The van der Waals surface area contributed by atoms with Crippen LogP contribution < -0.4 is 4.74 Å². The zero-order chi connectivity index (χ0) is 16.2. The van der Waals surface area contributed by atoms with Crippen molar-refractivity contribution in [3.8, 4) is 5.75 Å². The Hall–Kier alpha value is -2.14. The van der Waals surface area contributed by atoms with Crippen LogP contribution in [-0.4, -0.2) is 25.0 Å². The maximum Gasteiger partial charge on any atom is 0.343 e. The molecular formula is C18H16BrNO3. The number of carbonyl (C=O) groups is 1. The molecule has 0 saturated carbocycles. The average Bonchev–Trinajstić information content (AvgIpc) is 3.10. The molecule has 0 spiro atoms. The van der Waals surface area contributed by atoms with Gasteiger partial charge in [0.15, 0.2) is 0 Å². The van der Waals surface area contributed by atoms with Crippen LogP contribution in [0.3, 0.4) is 0 Å². The van der Waals surface area contributed by atoms with Crippen LogP contribution in [0, 0.1) is 0 Å². The maximum absolute atomic E-state index is 12.2.